The number of guanidine groups is 1. The molecule has 0 aliphatic heterocycles. The number of ether oxygens (including phenoxy) is 3. The second-order valence-corrected chi connectivity index (χ2v) is 6.39. The van der Waals surface area contributed by atoms with E-state index >= 15 is 0 Å². The molecule has 0 aliphatic rings. The van der Waals surface area contributed by atoms with E-state index in [4.69, 9.17) is 14.2 Å². The van der Waals surface area contributed by atoms with Crippen molar-refractivity contribution in [2.24, 2.45) is 4.99 Å². The van der Waals surface area contributed by atoms with Crippen LogP contribution in [0.15, 0.2) is 17.1 Å². The minimum atomic E-state index is 0.507. The number of aliphatic imine (C=N–C) groups is 1. The lowest BCUT2D eigenvalue weighted by atomic mass is 10.2. The fourth-order valence-corrected chi connectivity index (χ4v) is 2.62. The van der Waals surface area contributed by atoms with E-state index in [0.717, 1.165) is 37.6 Å². The molecule has 1 aromatic rings. The van der Waals surface area contributed by atoms with Crippen LogP contribution in [0.4, 0.5) is 0 Å². The number of hydrogen-bond donors (Lipinski definition) is 2. The topological polar surface area (TPSA) is 67.4 Å². The number of rotatable bonds is 11. The van der Waals surface area contributed by atoms with Crippen molar-refractivity contribution in [3.63, 3.8) is 0 Å². The number of benzene rings is 1. The molecule has 27 heavy (non-hydrogen) atoms. The molecular weight excluding hydrogens is 344 g/mol. The van der Waals surface area contributed by atoms with Crippen molar-refractivity contribution in [3.8, 4) is 17.2 Å². The van der Waals surface area contributed by atoms with E-state index < -0.39 is 0 Å². The Morgan fingerprint density at radius 2 is 1.70 bits per heavy atom. The molecule has 0 saturated heterocycles. The Kier molecular flexibility index (Phi) is 10.4. The third-order valence-corrected chi connectivity index (χ3v) is 4.59. The standard InChI is InChI=1S/C20H36N4O3/c1-8-15(3)24(4)11-10-22-20(21-9-2)23-14-16-12-17(25-5)19(27-7)18(13-16)26-6/h12-13,15H,8-11,14H2,1-7H3,(H2,21,22,23). The van der Waals surface area contributed by atoms with Gasteiger partial charge in [-0.25, -0.2) is 4.99 Å². The first-order valence-corrected chi connectivity index (χ1v) is 9.51. The maximum absolute atomic E-state index is 5.41. The van der Waals surface area contributed by atoms with Crippen LogP contribution in [0.2, 0.25) is 0 Å². The summed E-state index contributed by atoms with van der Waals surface area (Å²) in [6.45, 7) is 9.62. The molecule has 2 N–H and O–H groups in total. The first-order valence-electron chi connectivity index (χ1n) is 9.51. The summed E-state index contributed by atoms with van der Waals surface area (Å²) < 4.78 is 16.2. The second-order valence-electron chi connectivity index (χ2n) is 6.39. The number of likely N-dealkylation sites (N-methyl/N-ethyl adjacent to an activating group) is 1. The molecule has 0 aliphatic carbocycles. The normalized spacial score (nSPS) is 12.7. The van der Waals surface area contributed by atoms with Gasteiger partial charge in [0, 0.05) is 25.7 Å². The summed E-state index contributed by atoms with van der Waals surface area (Å²) in [7, 11) is 6.98. The van der Waals surface area contributed by atoms with E-state index in [1.807, 2.05) is 12.1 Å². The minimum Gasteiger partial charge on any atom is -0.493 e. The van der Waals surface area contributed by atoms with Crippen molar-refractivity contribution in [1.29, 1.82) is 0 Å². The average Bonchev–Trinajstić information content (AvgIpc) is 2.70. The molecule has 0 saturated carbocycles. The van der Waals surface area contributed by atoms with Crippen molar-refractivity contribution < 1.29 is 14.2 Å². The molecule has 1 unspecified atom stereocenters. The first-order chi connectivity index (χ1) is 13.0. The highest BCUT2D eigenvalue weighted by Crippen LogP contribution is 2.38. The van der Waals surface area contributed by atoms with Crippen LogP contribution >= 0.6 is 0 Å². The van der Waals surface area contributed by atoms with E-state index in [1.54, 1.807) is 21.3 Å². The number of nitrogens with one attached hydrogen (secondary N) is 2. The fourth-order valence-electron chi connectivity index (χ4n) is 2.62. The lowest BCUT2D eigenvalue weighted by Gasteiger charge is -2.24. The Morgan fingerprint density at radius 3 is 2.19 bits per heavy atom. The van der Waals surface area contributed by atoms with Crippen LogP contribution in [0.1, 0.15) is 32.8 Å². The molecule has 0 bridgehead atoms. The summed E-state index contributed by atoms with van der Waals surface area (Å²) >= 11 is 0. The van der Waals surface area contributed by atoms with Gasteiger partial charge in [-0.3, -0.25) is 0 Å². The van der Waals surface area contributed by atoms with Crippen LogP contribution in [-0.4, -0.2) is 64.9 Å². The van der Waals surface area contributed by atoms with E-state index in [-0.39, 0.29) is 0 Å². The van der Waals surface area contributed by atoms with Gasteiger partial charge in [0.15, 0.2) is 17.5 Å². The van der Waals surface area contributed by atoms with Crippen LogP contribution in [0.25, 0.3) is 0 Å². The van der Waals surface area contributed by atoms with Gasteiger partial charge >= 0.3 is 0 Å². The maximum atomic E-state index is 5.41. The molecule has 7 heteroatoms. The molecule has 1 atom stereocenters. The molecule has 0 radical (unpaired) electrons. The fraction of sp³-hybridized carbons (Fsp3) is 0.650. The molecule has 7 nitrogen and oxygen atoms in total. The molecule has 154 valence electrons. The van der Waals surface area contributed by atoms with Gasteiger partial charge in [-0.1, -0.05) is 6.92 Å². The third kappa shape index (κ3) is 7.17. The molecule has 0 amide bonds. The molecule has 0 heterocycles. The Bertz CT molecular complexity index is 568. The summed E-state index contributed by atoms with van der Waals surface area (Å²) in [5.74, 6) is 2.65. The van der Waals surface area contributed by atoms with E-state index in [2.05, 4.69) is 48.3 Å². The van der Waals surface area contributed by atoms with Crippen LogP contribution in [0.5, 0.6) is 17.2 Å². The lowest BCUT2D eigenvalue weighted by Crippen LogP contribution is -2.42. The summed E-state index contributed by atoms with van der Waals surface area (Å²) in [6, 6.07) is 4.42. The largest absolute Gasteiger partial charge is 0.493 e. The molecule has 0 aromatic heterocycles. The molecule has 1 aromatic carbocycles. The number of nitrogens with zero attached hydrogens (tertiary/aromatic N) is 2. The van der Waals surface area contributed by atoms with Crippen LogP contribution in [-0.2, 0) is 6.54 Å². The zero-order valence-corrected chi connectivity index (χ0v) is 17.9. The third-order valence-electron chi connectivity index (χ3n) is 4.59. The van der Waals surface area contributed by atoms with E-state index in [9.17, 15) is 0 Å². The zero-order chi connectivity index (χ0) is 20.2. The number of hydrogen-bond acceptors (Lipinski definition) is 5. The van der Waals surface area contributed by atoms with Crippen molar-refractivity contribution in [2.45, 2.75) is 39.8 Å². The molecule has 1 rings (SSSR count). The quantitative estimate of drug-likeness (QED) is 0.454. The SMILES string of the molecule is CCNC(=NCc1cc(OC)c(OC)c(OC)c1)NCCN(C)C(C)CC. The monoisotopic (exact) mass is 380 g/mol. The van der Waals surface area contributed by atoms with E-state index in [0.29, 0.717) is 29.8 Å². The number of methoxy groups -OCH3 is 3. The summed E-state index contributed by atoms with van der Waals surface area (Å²) in [6.07, 6.45) is 1.14. The second kappa shape index (κ2) is 12.3. The Morgan fingerprint density at radius 1 is 1.07 bits per heavy atom. The van der Waals surface area contributed by atoms with Crippen molar-refractivity contribution in [2.75, 3.05) is 48.0 Å². The van der Waals surface area contributed by atoms with Gasteiger partial charge in [-0.2, -0.15) is 0 Å². The summed E-state index contributed by atoms with van der Waals surface area (Å²) in [5.41, 5.74) is 0.985. The molecular formula is C20H36N4O3. The predicted molar refractivity (Wildman–Crippen MR) is 111 cm³/mol. The predicted octanol–water partition coefficient (Wildman–Crippen LogP) is 2.50. The molecule has 0 fully saturated rings. The van der Waals surface area contributed by atoms with Gasteiger partial charge in [0.05, 0.1) is 27.9 Å². The maximum Gasteiger partial charge on any atom is 0.203 e. The highest BCUT2D eigenvalue weighted by Gasteiger charge is 2.13. The van der Waals surface area contributed by atoms with Crippen molar-refractivity contribution >= 4 is 5.96 Å². The Hall–Kier alpha value is -2.15. The summed E-state index contributed by atoms with van der Waals surface area (Å²) in [4.78, 5) is 7.02. The highest BCUT2D eigenvalue weighted by molar-refractivity contribution is 5.79. The average molecular weight is 381 g/mol. The van der Waals surface area contributed by atoms with Gasteiger partial charge in [-0.05, 0) is 45.0 Å². The Balaban J connectivity index is 2.80. The van der Waals surface area contributed by atoms with Crippen LogP contribution in [0, 0.1) is 0 Å². The van der Waals surface area contributed by atoms with Crippen LogP contribution in [0.3, 0.4) is 0 Å². The van der Waals surface area contributed by atoms with Gasteiger partial charge in [-0.15, -0.1) is 0 Å². The minimum absolute atomic E-state index is 0.507. The highest BCUT2D eigenvalue weighted by atomic mass is 16.5. The zero-order valence-electron chi connectivity index (χ0n) is 17.9. The smallest absolute Gasteiger partial charge is 0.203 e. The van der Waals surface area contributed by atoms with E-state index in [1.165, 1.54) is 0 Å². The van der Waals surface area contributed by atoms with Gasteiger partial charge < -0.3 is 29.7 Å². The lowest BCUT2D eigenvalue weighted by molar-refractivity contribution is 0.255. The van der Waals surface area contributed by atoms with Gasteiger partial charge in [0.1, 0.15) is 0 Å². The van der Waals surface area contributed by atoms with Crippen molar-refractivity contribution in [3.05, 3.63) is 17.7 Å². The van der Waals surface area contributed by atoms with Crippen molar-refractivity contribution in [1.82, 2.24) is 15.5 Å². The van der Waals surface area contributed by atoms with Gasteiger partial charge in [0.25, 0.3) is 0 Å². The van der Waals surface area contributed by atoms with Gasteiger partial charge in [0.2, 0.25) is 5.75 Å². The first kappa shape index (κ1) is 22.9. The summed E-state index contributed by atoms with van der Waals surface area (Å²) in [5, 5.41) is 6.67. The molecule has 0 spiro atoms. The Labute approximate surface area is 164 Å². The van der Waals surface area contributed by atoms with Crippen LogP contribution < -0.4 is 24.8 Å².